The second-order valence-electron chi connectivity index (χ2n) is 15.8. The van der Waals surface area contributed by atoms with E-state index >= 15 is 0 Å². The molecule has 10 rings (SSSR count). The van der Waals surface area contributed by atoms with Crippen molar-refractivity contribution in [1.29, 1.82) is 0 Å². The lowest BCUT2D eigenvalue weighted by molar-refractivity contribution is 0.799. The van der Waals surface area contributed by atoms with Gasteiger partial charge in [-0.1, -0.05) is 222 Å². The number of allylic oxidation sites excluding steroid dienone is 4. The maximum absolute atomic E-state index is 4.24. The van der Waals surface area contributed by atoms with Crippen molar-refractivity contribution in [1.82, 2.24) is 0 Å². The van der Waals surface area contributed by atoms with Crippen LogP contribution in [0.3, 0.4) is 0 Å². The molecule has 0 bridgehead atoms. The predicted molar refractivity (Wildman–Crippen MR) is 267 cm³/mol. The number of alkyl halides is 1. The Balaban J connectivity index is 1.10. The zero-order valence-corrected chi connectivity index (χ0v) is 35.9. The third-order valence-electron chi connectivity index (χ3n) is 11.9. The summed E-state index contributed by atoms with van der Waals surface area (Å²) >= 11 is 4.24. The van der Waals surface area contributed by atoms with Crippen molar-refractivity contribution < 1.29 is 0 Å². The van der Waals surface area contributed by atoms with Gasteiger partial charge < -0.3 is 4.90 Å². The Hall–Kier alpha value is -7.26. The van der Waals surface area contributed by atoms with Crippen LogP contribution in [-0.4, -0.2) is 0 Å². The Bertz CT molecular complexity index is 2910. The van der Waals surface area contributed by atoms with Crippen LogP contribution >= 0.6 is 15.9 Å². The van der Waals surface area contributed by atoms with E-state index in [-0.39, 0.29) is 4.32 Å². The highest BCUT2D eigenvalue weighted by molar-refractivity contribution is 9.09. The number of hydrogen-bond donors (Lipinski definition) is 0. The second kappa shape index (κ2) is 17.4. The minimum atomic E-state index is -0.344. The maximum atomic E-state index is 4.24. The smallest absolute Gasteiger partial charge is 0.0729 e. The van der Waals surface area contributed by atoms with Crippen molar-refractivity contribution in [2.45, 2.75) is 10.7 Å². The fraction of sp³-hybridized carbons (Fsp3) is 0.0333. The fourth-order valence-corrected chi connectivity index (χ4v) is 9.35. The Morgan fingerprint density at radius 3 is 1.13 bits per heavy atom. The predicted octanol–water partition coefficient (Wildman–Crippen LogP) is 17.3. The van der Waals surface area contributed by atoms with Crippen molar-refractivity contribution in [3.8, 4) is 66.8 Å². The molecule has 1 aliphatic rings. The summed E-state index contributed by atoms with van der Waals surface area (Å²) in [5.74, 6) is 0. The van der Waals surface area contributed by atoms with Gasteiger partial charge in [0.05, 0.1) is 4.32 Å². The summed E-state index contributed by atoms with van der Waals surface area (Å²) in [4.78, 5) is 2.35. The zero-order chi connectivity index (χ0) is 41.7. The third kappa shape index (κ3) is 8.01. The number of hydrogen-bond acceptors (Lipinski definition) is 1. The highest BCUT2D eigenvalue weighted by Crippen LogP contribution is 2.48. The van der Waals surface area contributed by atoms with Crippen LogP contribution in [0, 0.1) is 0 Å². The van der Waals surface area contributed by atoms with Crippen molar-refractivity contribution >= 4 is 33.0 Å². The summed E-state index contributed by atoms with van der Waals surface area (Å²) in [6.45, 7) is 0. The van der Waals surface area contributed by atoms with E-state index in [4.69, 9.17) is 0 Å². The van der Waals surface area contributed by atoms with Gasteiger partial charge in [0.25, 0.3) is 0 Å². The molecule has 1 atom stereocenters. The van der Waals surface area contributed by atoms with E-state index in [1.165, 1.54) is 66.8 Å². The number of nitrogens with zero attached hydrogens (tertiary/aromatic N) is 1. The molecule has 0 fully saturated rings. The summed E-state index contributed by atoms with van der Waals surface area (Å²) in [5.41, 5.74) is 18.8. The van der Waals surface area contributed by atoms with Gasteiger partial charge in [-0.2, -0.15) is 0 Å². The molecule has 0 heterocycles. The van der Waals surface area contributed by atoms with Gasteiger partial charge in [-0.3, -0.25) is 0 Å². The second-order valence-corrected chi connectivity index (χ2v) is 17.2. The molecule has 0 saturated heterocycles. The highest BCUT2D eigenvalue weighted by atomic mass is 79.9. The largest absolute Gasteiger partial charge is 0.311 e. The minimum Gasteiger partial charge on any atom is -0.311 e. The minimum absolute atomic E-state index is 0.344. The van der Waals surface area contributed by atoms with E-state index in [0.29, 0.717) is 0 Å². The molecule has 9 aromatic carbocycles. The van der Waals surface area contributed by atoms with E-state index in [9.17, 15) is 0 Å². The van der Waals surface area contributed by atoms with Gasteiger partial charge in [0, 0.05) is 17.1 Å². The van der Waals surface area contributed by atoms with Crippen LogP contribution in [0.5, 0.6) is 0 Å². The van der Waals surface area contributed by atoms with Crippen molar-refractivity contribution in [2.24, 2.45) is 0 Å². The van der Waals surface area contributed by atoms with Crippen LogP contribution in [0.1, 0.15) is 12.0 Å². The van der Waals surface area contributed by atoms with E-state index in [1.807, 2.05) is 0 Å². The topological polar surface area (TPSA) is 3.24 Å². The molecule has 0 aliphatic heterocycles. The van der Waals surface area contributed by atoms with Crippen molar-refractivity contribution in [2.75, 3.05) is 4.90 Å². The molecule has 0 radical (unpaired) electrons. The van der Waals surface area contributed by atoms with Gasteiger partial charge in [-0.05, 0) is 127 Å². The number of benzene rings is 9. The molecule has 9 aromatic rings. The van der Waals surface area contributed by atoms with Gasteiger partial charge in [0.1, 0.15) is 0 Å². The molecular weight excluding hydrogens is 815 g/mol. The van der Waals surface area contributed by atoms with Crippen LogP contribution in [0.4, 0.5) is 17.1 Å². The standard InChI is InChI=1S/C60H44BrN/c61-60(40-14-5-15-41-60)59-39-31-52(47-22-12-4-13-23-47)43-58(59)57-42-51(46-20-10-3-11-21-46)30-38-56(57)50-28-36-55(37-29-50)62(53-32-24-48(25-33-53)44-16-6-1-7-17-44)54-34-26-49(27-35-54)45-18-8-2-9-19-45/h1-40,42-43H,41H2. The van der Waals surface area contributed by atoms with Crippen LogP contribution in [0.25, 0.3) is 66.8 Å². The molecule has 0 saturated carbocycles. The van der Waals surface area contributed by atoms with Gasteiger partial charge in [-0.15, -0.1) is 0 Å². The first-order valence-electron chi connectivity index (χ1n) is 21.2. The number of rotatable bonds is 10. The van der Waals surface area contributed by atoms with Crippen molar-refractivity contribution in [3.05, 3.63) is 260 Å². The Kier molecular flexibility index (Phi) is 10.9. The maximum Gasteiger partial charge on any atom is 0.0729 e. The summed E-state index contributed by atoms with van der Waals surface area (Å²) in [5, 5.41) is 0. The summed E-state index contributed by atoms with van der Waals surface area (Å²) in [6.07, 6.45) is 9.69. The van der Waals surface area contributed by atoms with Gasteiger partial charge >= 0.3 is 0 Å². The SMILES string of the molecule is BrC1(c2ccc(-c3ccccc3)cc2-c2cc(-c3ccccc3)ccc2-c2ccc(N(c3ccc(-c4ccccc4)cc3)c3ccc(-c4ccccc4)cc3)cc2)C=CC=CC1. The lowest BCUT2D eigenvalue weighted by atomic mass is 9.82. The average Bonchev–Trinajstić information content (AvgIpc) is 3.36. The highest BCUT2D eigenvalue weighted by Gasteiger charge is 2.30. The van der Waals surface area contributed by atoms with E-state index in [2.05, 4.69) is 276 Å². The van der Waals surface area contributed by atoms with Crippen LogP contribution in [-0.2, 0) is 4.32 Å². The third-order valence-corrected chi connectivity index (χ3v) is 12.9. The zero-order valence-electron chi connectivity index (χ0n) is 34.3. The molecule has 1 unspecified atom stereocenters. The van der Waals surface area contributed by atoms with Crippen LogP contribution in [0.15, 0.2) is 255 Å². The van der Waals surface area contributed by atoms with E-state index in [0.717, 1.165) is 29.0 Å². The molecule has 0 aromatic heterocycles. The number of anilines is 3. The van der Waals surface area contributed by atoms with Gasteiger partial charge in [0.15, 0.2) is 0 Å². The van der Waals surface area contributed by atoms with Crippen LogP contribution in [0.2, 0.25) is 0 Å². The molecule has 1 nitrogen and oxygen atoms in total. The van der Waals surface area contributed by atoms with Crippen molar-refractivity contribution in [3.63, 3.8) is 0 Å². The normalized spacial score (nSPS) is 14.4. The summed E-state index contributed by atoms with van der Waals surface area (Å²) < 4.78 is -0.344. The van der Waals surface area contributed by atoms with Crippen LogP contribution < -0.4 is 4.90 Å². The molecule has 2 heteroatoms. The summed E-state index contributed by atoms with van der Waals surface area (Å²) in [6, 6.07) is 83.4. The van der Waals surface area contributed by atoms with E-state index in [1.54, 1.807) is 0 Å². The quantitative estimate of drug-likeness (QED) is 0.124. The Morgan fingerprint density at radius 1 is 0.323 bits per heavy atom. The molecule has 296 valence electrons. The molecule has 0 amide bonds. The molecule has 0 N–H and O–H groups in total. The first kappa shape index (κ1) is 38.9. The lowest BCUT2D eigenvalue weighted by Crippen LogP contribution is -2.17. The monoisotopic (exact) mass is 857 g/mol. The molecular formula is C60H44BrN. The Morgan fingerprint density at radius 2 is 0.694 bits per heavy atom. The first-order chi connectivity index (χ1) is 30.6. The Labute approximate surface area is 373 Å². The summed E-state index contributed by atoms with van der Waals surface area (Å²) in [7, 11) is 0. The first-order valence-corrected chi connectivity index (χ1v) is 22.0. The molecule has 62 heavy (non-hydrogen) atoms. The van der Waals surface area contributed by atoms with Gasteiger partial charge in [0.2, 0.25) is 0 Å². The fourth-order valence-electron chi connectivity index (χ4n) is 8.67. The molecule has 0 spiro atoms. The lowest BCUT2D eigenvalue weighted by Gasteiger charge is -2.29. The molecule has 1 aliphatic carbocycles. The van der Waals surface area contributed by atoms with E-state index < -0.39 is 0 Å². The average molecular weight is 859 g/mol. The number of halogens is 1. The van der Waals surface area contributed by atoms with Gasteiger partial charge in [-0.25, -0.2) is 0 Å².